The standard InChI is InChI=1S/C24H26N4O.ClH/c1-18-7-9-21(10-8-18)23-22(24(29)26-15-19-11-13-25-14-12-19)17-28(27-23)16-20-5-3-2-4-6-20;/h2-11,17,25H,12-16H2,1H3,(H,26,29);1H. The molecule has 0 atom stereocenters. The molecule has 0 fully saturated rings. The summed E-state index contributed by atoms with van der Waals surface area (Å²) in [6.07, 6.45) is 4.98. The maximum atomic E-state index is 13.0. The summed E-state index contributed by atoms with van der Waals surface area (Å²) in [7, 11) is 0. The van der Waals surface area contributed by atoms with Crippen molar-refractivity contribution in [3.8, 4) is 11.3 Å². The van der Waals surface area contributed by atoms with Crippen molar-refractivity contribution in [2.45, 2.75) is 19.9 Å². The van der Waals surface area contributed by atoms with Crippen LogP contribution < -0.4 is 10.6 Å². The second-order valence-corrected chi connectivity index (χ2v) is 7.44. The topological polar surface area (TPSA) is 59.0 Å². The normalized spacial score (nSPS) is 13.3. The summed E-state index contributed by atoms with van der Waals surface area (Å²) in [5.74, 6) is -0.0840. The van der Waals surface area contributed by atoms with E-state index in [1.165, 1.54) is 11.1 Å². The van der Waals surface area contributed by atoms with Crippen molar-refractivity contribution in [3.05, 3.63) is 89.1 Å². The fraction of sp³-hybridized carbons (Fsp3) is 0.250. The predicted octanol–water partition coefficient (Wildman–Crippen LogP) is 3.98. The number of carbonyl (C=O) groups excluding carboxylic acids is 1. The highest BCUT2D eigenvalue weighted by atomic mass is 35.5. The van der Waals surface area contributed by atoms with E-state index in [4.69, 9.17) is 5.10 Å². The zero-order valence-electron chi connectivity index (χ0n) is 17.1. The molecule has 0 spiro atoms. The molecule has 1 aliphatic rings. The fourth-order valence-electron chi connectivity index (χ4n) is 3.48. The number of nitrogens with one attached hydrogen (secondary N) is 2. The molecule has 156 valence electrons. The minimum atomic E-state index is -0.0840. The number of nitrogens with zero attached hydrogens (tertiary/aromatic N) is 2. The van der Waals surface area contributed by atoms with Crippen LogP contribution in [-0.4, -0.2) is 35.3 Å². The number of hydrogen-bond donors (Lipinski definition) is 2. The molecule has 4 rings (SSSR count). The molecule has 3 aromatic rings. The molecule has 0 unspecified atom stereocenters. The van der Waals surface area contributed by atoms with Crippen molar-refractivity contribution in [2.24, 2.45) is 0 Å². The summed E-state index contributed by atoms with van der Waals surface area (Å²) < 4.78 is 1.85. The number of rotatable bonds is 6. The zero-order chi connectivity index (χ0) is 20.1. The van der Waals surface area contributed by atoms with E-state index in [9.17, 15) is 4.79 Å². The highest BCUT2D eigenvalue weighted by molar-refractivity contribution is 5.99. The Bertz CT molecular complexity index is 1010. The van der Waals surface area contributed by atoms with Crippen molar-refractivity contribution in [1.82, 2.24) is 20.4 Å². The summed E-state index contributed by atoms with van der Waals surface area (Å²) in [6, 6.07) is 18.3. The average molecular weight is 423 g/mol. The third kappa shape index (κ3) is 5.38. The maximum Gasteiger partial charge on any atom is 0.255 e. The van der Waals surface area contributed by atoms with Crippen LogP contribution in [0.15, 0.2) is 72.4 Å². The Kier molecular flexibility index (Phi) is 7.44. The van der Waals surface area contributed by atoms with Crippen molar-refractivity contribution in [2.75, 3.05) is 19.6 Å². The monoisotopic (exact) mass is 422 g/mol. The van der Waals surface area contributed by atoms with Gasteiger partial charge in [-0.1, -0.05) is 71.8 Å². The van der Waals surface area contributed by atoms with Gasteiger partial charge in [0.1, 0.15) is 5.69 Å². The molecule has 2 heterocycles. The van der Waals surface area contributed by atoms with Crippen molar-refractivity contribution >= 4 is 18.3 Å². The molecule has 2 aromatic carbocycles. The first-order chi connectivity index (χ1) is 14.2. The van der Waals surface area contributed by atoms with E-state index in [1.807, 2.05) is 53.3 Å². The van der Waals surface area contributed by atoms with E-state index in [0.29, 0.717) is 18.7 Å². The smallest absolute Gasteiger partial charge is 0.255 e. The average Bonchev–Trinajstić information content (AvgIpc) is 3.18. The molecule has 1 aromatic heterocycles. The lowest BCUT2D eigenvalue weighted by molar-refractivity contribution is 0.0957. The highest BCUT2D eigenvalue weighted by Crippen LogP contribution is 2.23. The summed E-state index contributed by atoms with van der Waals surface area (Å²) in [4.78, 5) is 13.0. The number of hydrogen-bond acceptors (Lipinski definition) is 3. The number of carbonyl (C=O) groups is 1. The third-order valence-electron chi connectivity index (χ3n) is 5.15. The van der Waals surface area contributed by atoms with Gasteiger partial charge in [-0.2, -0.15) is 5.10 Å². The van der Waals surface area contributed by atoms with E-state index in [-0.39, 0.29) is 18.3 Å². The first-order valence-electron chi connectivity index (χ1n) is 10.0. The van der Waals surface area contributed by atoms with Crippen LogP contribution in [0.2, 0.25) is 0 Å². The van der Waals surface area contributed by atoms with Gasteiger partial charge >= 0.3 is 0 Å². The van der Waals surface area contributed by atoms with Gasteiger partial charge in [-0.15, -0.1) is 12.4 Å². The SMILES string of the molecule is Cc1ccc(-c2nn(Cc3ccccc3)cc2C(=O)NCC2=CCNCC2)cc1.Cl. The Labute approximate surface area is 183 Å². The van der Waals surface area contributed by atoms with Gasteiger partial charge in [-0.25, -0.2) is 0 Å². The van der Waals surface area contributed by atoms with E-state index in [1.54, 1.807) is 0 Å². The van der Waals surface area contributed by atoms with Crippen LogP contribution in [0.25, 0.3) is 11.3 Å². The second kappa shape index (κ2) is 10.2. The van der Waals surface area contributed by atoms with Gasteiger partial charge in [0.15, 0.2) is 0 Å². The molecular weight excluding hydrogens is 396 g/mol. The Morgan fingerprint density at radius 2 is 1.90 bits per heavy atom. The molecule has 30 heavy (non-hydrogen) atoms. The third-order valence-corrected chi connectivity index (χ3v) is 5.15. The summed E-state index contributed by atoms with van der Waals surface area (Å²) in [5, 5.41) is 11.1. The van der Waals surface area contributed by atoms with Gasteiger partial charge in [0, 0.05) is 24.8 Å². The summed E-state index contributed by atoms with van der Waals surface area (Å²) >= 11 is 0. The van der Waals surface area contributed by atoms with Gasteiger partial charge in [-0.3, -0.25) is 9.48 Å². The van der Waals surface area contributed by atoms with Gasteiger partial charge in [0.25, 0.3) is 5.91 Å². The van der Waals surface area contributed by atoms with Crippen LogP contribution >= 0.6 is 12.4 Å². The maximum absolute atomic E-state index is 13.0. The van der Waals surface area contributed by atoms with Crippen molar-refractivity contribution < 1.29 is 4.79 Å². The number of amides is 1. The highest BCUT2D eigenvalue weighted by Gasteiger charge is 2.18. The number of benzene rings is 2. The van der Waals surface area contributed by atoms with Crippen LogP contribution in [0, 0.1) is 6.92 Å². The van der Waals surface area contributed by atoms with Crippen LogP contribution in [0.3, 0.4) is 0 Å². The predicted molar refractivity (Wildman–Crippen MR) is 123 cm³/mol. The van der Waals surface area contributed by atoms with E-state index >= 15 is 0 Å². The second-order valence-electron chi connectivity index (χ2n) is 7.44. The number of aromatic nitrogens is 2. The van der Waals surface area contributed by atoms with Crippen LogP contribution in [0.5, 0.6) is 0 Å². The van der Waals surface area contributed by atoms with Crippen LogP contribution in [-0.2, 0) is 6.54 Å². The lowest BCUT2D eigenvalue weighted by Crippen LogP contribution is -2.29. The van der Waals surface area contributed by atoms with Crippen LogP contribution in [0.4, 0.5) is 0 Å². The van der Waals surface area contributed by atoms with Crippen molar-refractivity contribution in [3.63, 3.8) is 0 Å². The molecule has 0 aliphatic carbocycles. The Morgan fingerprint density at radius 1 is 1.13 bits per heavy atom. The molecule has 0 saturated heterocycles. The van der Waals surface area contributed by atoms with Gasteiger partial charge in [0.2, 0.25) is 0 Å². The Balaban J connectivity index is 0.00000256. The lowest BCUT2D eigenvalue weighted by atomic mass is 10.1. The van der Waals surface area contributed by atoms with Gasteiger partial charge < -0.3 is 10.6 Å². The molecule has 0 bridgehead atoms. The Morgan fingerprint density at radius 3 is 2.60 bits per heavy atom. The van der Waals surface area contributed by atoms with E-state index < -0.39 is 0 Å². The van der Waals surface area contributed by atoms with Crippen LogP contribution in [0.1, 0.15) is 27.9 Å². The molecule has 1 amide bonds. The molecule has 0 saturated carbocycles. The molecule has 1 aliphatic heterocycles. The quantitative estimate of drug-likeness (QED) is 0.591. The minimum Gasteiger partial charge on any atom is -0.348 e. The molecule has 6 heteroatoms. The summed E-state index contributed by atoms with van der Waals surface area (Å²) in [5.41, 5.74) is 5.88. The van der Waals surface area contributed by atoms with Crippen molar-refractivity contribution in [1.29, 1.82) is 0 Å². The first kappa shape index (κ1) is 21.8. The lowest BCUT2D eigenvalue weighted by Gasteiger charge is -2.14. The number of halogens is 1. The van der Waals surface area contributed by atoms with E-state index in [0.717, 1.165) is 36.3 Å². The molecule has 2 N–H and O–H groups in total. The largest absolute Gasteiger partial charge is 0.348 e. The zero-order valence-corrected chi connectivity index (χ0v) is 17.9. The fourth-order valence-corrected chi connectivity index (χ4v) is 3.48. The Hall–Kier alpha value is -2.89. The molecular formula is C24H27ClN4O. The van der Waals surface area contributed by atoms with E-state index in [2.05, 4.69) is 35.8 Å². The first-order valence-corrected chi connectivity index (χ1v) is 10.0. The molecule has 0 radical (unpaired) electrons. The van der Waals surface area contributed by atoms with Gasteiger partial charge in [-0.05, 0) is 25.5 Å². The minimum absolute atomic E-state index is 0. The van der Waals surface area contributed by atoms with Gasteiger partial charge in [0.05, 0.1) is 12.1 Å². The number of aryl methyl sites for hydroxylation is 1. The molecule has 5 nitrogen and oxygen atoms in total. The summed E-state index contributed by atoms with van der Waals surface area (Å²) in [6.45, 7) is 5.10.